The van der Waals surface area contributed by atoms with E-state index in [1.807, 2.05) is 6.92 Å². The topological polar surface area (TPSA) is 79.3 Å². The first-order valence-corrected chi connectivity index (χ1v) is 7.11. The number of nitrogens with one attached hydrogen (secondary N) is 1. The maximum Gasteiger partial charge on any atom is 0.311 e. The highest BCUT2D eigenvalue weighted by atomic mass is 35.5. The van der Waals surface area contributed by atoms with Crippen molar-refractivity contribution in [3.63, 3.8) is 0 Å². The molecule has 0 aliphatic carbocycles. The van der Waals surface area contributed by atoms with Gasteiger partial charge in [0.15, 0.2) is 0 Å². The van der Waals surface area contributed by atoms with Gasteiger partial charge in [-0.25, -0.2) is 4.98 Å². The van der Waals surface area contributed by atoms with Gasteiger partial charge < -0.3 is 10.4 Å². The number of carboxylic acids is 1. The third-order valence-corrected chi connectivity index (χ3v) is 4.19. The van der Waals surface area contributed by atoms with Gasteiger partial charge in [0.2, 0.25) is 0 Å². The Hall–Kier alpha value is -1.62. The smallest absolute Gasteiger partial charge is 0.311 e. The Morgan fingerprint density at radius 2 is 1.86 bits per heavy atom. The van der Waals surface area contributed by atoms with Crippen LogP contribution in [0.3, 0.4) is 0 Å². The van der Waals surface area contributed by atoms with Gasteiger partial charge >= 0.3 is 5.97 Å². The van der Waals surface area contributed by atoms with Crippen molar-refractivity contribution in [1.82, 2.24) is 10.3 Å². The fraction of sp³-hybridized carbons (Fsp3) is 0.533. The summed E-state index contributed by atoms with van der Waals surface area (Å²) < 4.78 is 0. The van der Waals surface area contributed by atoms with Crippen molar-refractivity contribution in [1.29, 1.82) is 0 Å². The van der Waals surface area contributed by atoms with Crippen LogP contribution < -0.4 is 5.32 Å². The molecule has 0 atom stereocenters. The Bertz CT molecular complexity index is 568. The van der Waals surface area contributed by atoms with Crippen molar-refractivity contribution in [2.24, 2.45) is 5.41 Å². The van der Waals surface area contributed by atoms with E-state index < -0.39 is 16.9 Å². The molecular formula is C15H21ClN2O3. The summed E-state index contributed by atoms with van der Waals surface area (Å²) in [5.41, 5.74) is -0.963. The van der Waals surface area contributed by atoms with Crippen LogP contribution in [0.25, 0.3) is 0 Å². The molecule has 0 spiro atoms. The minimum atomic E-state index is -1.12. The van der Waals surface area contributed by atoms with E-state index in [0.717, 1.165) is 0 Å². The van der Waals surface area contributed by atoms with Crippen LogP contribution in [0.4, 0.5) is 0 Å². The molecule has 1 aromatic heterocycles. The third kappa shape index (κ3) is 3.73. The summed E-state index contributed by atoms with van der Waals surface area (Å²) in [6.07, 6.45) is 0.658. The molecule has 0 fully saturated rings. The predicted molar refractivity (Wildman–Crippen MR) is 81.6 cm³/mol. The number of rotatable bonds is 5. The second kappa shape index (κ2) is 6.02. The van der Waals surface area contributed by atoms with Crippen molar-refractivity contribution in [3.8, 4) is 0 Å². The molecular weight excluding hydrogens is 292 g/mol. The number of carbonyl (C=O) groups is 2. The quantitative estimate of drug-likeness (QED) is 0.819. The van der Waals surface area contributed by atoms with E-state index in [0.29, 0.717) is 17.7 Å². The molecule has 0 aliphatic heterocycles. The Labute approximate surface area is 129 Å². The van der Waals surface area contributed by atoms with Gasteiger partial charge in [0.05, 0.1) is 11.0 Å². The van der Waals surface area contributed by atoms with E-state index in [9.17, 15) is 14.7 Å². The lowest BCUT2D eigenvalue weighted by atomic mass is 9.74. The summed E-state index contributed by atoms with van der Waals surface area (Å²) in [4.78, 5) is 27.8. The summed E-state index contributed by atoms with van der Waals surface area (Å²) >= 11 is 5.90. The number of halogens is 1. The number of hydrogen-bond donors (Lipinski definition) is 2. The second-order valence-corrected chi connectivity index (χ2v) is 6.42. The number of hydrogen-bond acceptors (Lipinski definition) is 3. The number of amides is 1. The Balaban J connectivity index is 3.06. The van der Waals surface area contributed by atoms with Crippen LogP contribution >= 0.6 is 11.6 Å². The summed E-state index contributed by atoms with van der Waals surface area (Å²) in [6.45, 7) is 8.43. The van der Waals surface area contributed by atoms with Crippen molar-refractivity contribution in [2.45, 2.75) is 46.6 Å². The lowest BCUT2D eigenvalue weighted by Crippen LogP contribution is -2.57. The van der Waals surface area contributed by atoms with E-state index in [1.165, 1.54) is 6.07 Å². The fourth-order valence-electron chi connectivity index (χ4n) is 1.64. The first-order chi connectivity index (χ1) is 9.51. The minimum absolute atomic E-state index is 0.245. The van der Waals surface area contributed by atoms with Gasteiger partial charge in [0.25, 0.3) is 5.91 Å². The van der Waals surface area contributed by atoms with Gasteiger partial charge in [-0.1, -0.05) is 18.5 Å². The molecule has 1 rings (SSSR count). The van der Waals surface area contributed by atoms with Crippen LogP contribution in [0.15, 0.2) is 12.1 Å². The van der Waals surface area contributed by atoms with Crippen molar-refractivity contribution in [3.05, 3.63) is 28.5 Å². The molecule has 116 valence electrons. The number of nitrogens with zero attached hydrogens (tertiary/aromatic N) is 1. The summed E-state index contributed by atoms with van der Waals surface area (Å²) in [5, 5.41) is 12.3. The highest BCUT2D eigenvalue weighted by Crippen LogP contribution is 2.31. The zero-order chi connectivity index (χ0) is 16.4. The fourth-order valence-corrected chi connectivity index (χ4v) is 1.87. The Kier molecular flexibility index (Phi) is 4.99. The number of aliphatic carboxylic acids is 1. The molecule has 0 saturated carbocycles. The normalized spacial score (nSPS) is 12.1. The average Bonchev–Trinajstić information content (AvgIpc) is 2.36. The van der Waals surface area contributed by atoms with Crippen LogP contribution in [0.1, 0.15) is 50.7 Å². The highest BCUT2D eigenvalue weighted by Gasteiger charge is 2.44. The largest absolute Gasteiger partial charge is 0.481 e. The van der Waals surface area contributed by atoms with E-state index in [1.54, 1.807) is 33.8 Å². The summed E-state index contributed by atoms with van der Waals surface area (Å²) in [5.74, 6) is -1.34. The van der Waals surface area contributed by atoms with Crippen molar-refractivity contribution < 1.29 is 14.7 Å². The molecule has 2 N–H and O–H groups in total. The minimum Gasteiger partial charge on any atom is -0.481 e. The maximum absolute atomic E-state index is 12.4. The molecule has 0 aromatic carbocycles. The molecule has 21 heavy (non-hydrogen) atoms. The predicted octanol–water partition coefficient (Wildman–Crippen LogP) is 2.92. The zero-order valence-corrected chi connectivity index (χ0v) is 13.7. The molecule has 0 radical (unpaired) electrons. The molecule has 5 nitrogen and oxygen atoms in total. The molecule has 1 aromatic rings. The van der Waals surface area contributed by atoms with Crippen LogP contribution in [0.2, 0.25) is 5.15 Å². The van der Waals surface area contributed by atoms with Gasteiger partial charge in [-0.15, -0.1) is 0 Å². The van der Waals surface area contributed by atoms with Gasteiger partial charge in [0, 0.05) is 11.3 Å². The van der Waals surface area contributed by atoms with Crippen LogP contribution in [0, 0.1) is 5.41 Å². The Morgan fingerprint density at radius 3 is 2.33 bits per heavy atom. The monoisotopic (exact) mass is 312 g/mol. The number of aromatic nitrogens is 1. The first-order valence-electron chi connectivity index (χ1n) is 6.73. The van der Waals surface area contributed by atoms with E-state index in [4.69, 9.17) is 11.6 Å². The van der Waals surface area contributed by atoms with Gasteiger partial charge in [-0.2, -0.15) is 0 Å². The van der Waals surface area contributed by atoms with E-state index in [-0.39, 0.29) is 11.1 Å². The second-order valence-electron chi connectivity index (χ2n) is 6.03. The molecule has 0 saturated heterocycles. The number of carboxylic acid groups (broad SMARTS) is 1. The molecule has 0 aliphatic rings. The Morgan fingerprint density at radius 1 is 1.29 bits per heavy atom. The van der Waals surface area contributed by atoms with Gasteiger partial charge in [-0.3, -0.25) is 9.59 Å². The number of carbonyl (C=O) groups excluding carboxylic acids is 1. The summed E-state index contributed by atoms with van der Waals surface area (Å²) in [6, 6.07) is 3.13. The molecule has 1 heterocycles. The zero-order valence-electron chi connectivity index (χ0n) is 13.0. The number of aryl methyl sites for hydroxylation is 1. The van der Waals surface area contributed by atoms with Crippen LogP contribution in [-0.4, -0.2) is 27.5 Å². The lowest BCUT2D eigenvalue weighted by Gasteiger charge is -2.38. The van der Waals surface area contributed by atoms with Crippen LogP contribution in [-0.2, 0) is 11.2 Å². The number of pyridine rings is 1. The lowest BCUT2D eigenvalue weighted by molar-refractivity contribution is -0.150. The van der Waals surface area contributed by atoms with Crippen molar-refractivity contribution in [2.75, 3.05) is 0 Å². The molecule has 6 heteroatoms. The van der Waals surface area contributed by atoms with E-state index in [2.05, 4.69) is 10.3 Å². The van der Waals surface area contributed by atoms with Crippen LogP contribution in [0.5, 0.6) is 0 Å². The van der Waals surface area contributed by atoms with E-state index >= 15 is 0 Å². The highest BCUT2D eigenvalue weighted by molar-refractivity contribution is 6.29. The first kappa shape index (κ1) is 17.4. The van der Waals surface area contributed by atoms with Crippen molar-refractivity contribution >= 4 is 23.5 Å². The SMILES string of the molecule is CCc1cc(C(=O)NC(C)(C)C(C)(C)C(=O)O)cc(Cl)n1. The molecule has 0 bridgehead atoms. The summed E-state index contributed by atoms with van der Waals surface area (Å²) in [7, 11) is 0. The average molecular weight is 313 g/mol. The third-order valence-electron chi connectivity index (χ3n) is 3.99. The van der Waals surface area contributed by atoms with Gasteiger partial charge in [-0.05, 0) is 46.2 Å². The standard InChI is InChI=1S/C15H21ClN2O3/c1-6-10-7-9(8-11(16)17-10)12(19)18-15(4,5)14(2,3)13(20)21/h7-8H,6H2,1-5H3,(H,18,19)(H,20,21). The molecule has 0 unspecified atom stereocenters. The van der Waals surface area contributed by atoms with Gasteiger partial charge in [0.1, 0.15) is 5.15 Å². The maximum atomic E-state index is 12.4. The molecule has 1 amide bonds.